The van der Waals surface area contributed by atoms with Gasteiger partial charge in [0.05, 0.1) is 30.1 Å². The van der Waals surface area contributed by atoms with Gasteiger partial charge in [0.15, 0.2) is 5.69 Å². The predicted molar refractivity (Wildman–Crippen MR) is 114 cm³/mol. The topological polar surface area (TPSA) is 99.7 Å². The van der Waals surface area contributed by atoms with Crippen LogP contribution in [-0.4, -0.2) is 55.2 Å². The van der Waals surface area contributed by atoms with Crippen molar-refractivity contribution in [2.24, 2.45) is 0 Å². The summed E-state index contributed by atoms with van der Waals surface area (Å²) in [5, 5.41) is 17.9. The number of carbonyl (C=O) groups excluding carboxylic acids is 1. The van der Waals surface area contributed by atoms with Gasteiger partial charge in [-0.15, -0.1) is 0 Å². The molecule has 1 aliphatic rings. The molecule has 1 aliphatic heterocycles. The van der Waals surface area contributed by atoms with E-state index in [0.29, 0.717) is 24.2 Å². The Morgan fingerprint density at radius 1 is 1.12 bits per heavy atom. The van der Waals surface area contributed by atoms with Gasteiger partial charge in [0.2, 0.25) is 0 Å². The number of aromatic amines is 1. The fourth-order valence-electron chi connectivity index (χ4n) is 3.85. The van der Waals surface area contributed by atoms with Crippen LogP contribution in [-0.2, 0) is 6.54 Å². The lowest BCUT2D eigenvalue weighted by molar-refractivity contribution is 0.0115. The molecule has 2 N–H and O–H groups in total. The highest BCUT2D eigenvalue weighted by Gasteiger charge is 2.37. The molecule has 5 rings (SSSR count). The smallest absolute Gasteiger partial charge is 0.276 e. The number of hydrogen-bond donors (Lipinski definition) is 2. The lowest BCUT2D eigenvalue weighted by Crippen LogP contribution is -2.24. The summed E-state index contributed by atoms with van der Waals surface area (Å²) in [7, 11) is 0. The van der Waals surface area contributed by atoms with E-state index >= 15 is 0 Å². The average Bonchev–Trinajstić information content (AvgIpc) is 3.36. The number of pyridine rings is 1. The van der Waals surface area contributed by atoms with Gasteiger partial charge in [0, 0.05) is 42.9 Å². The van der Waals surface area contributed by atoms with E-state index in [1.165, 1.54) is 12.4 Å². The Morgan fingerprint density at radius 3 is 2.81 bits per heavy atom. The molecule has 4 heterocycles. The maximum atomic E-state index is 13.5. The molecule has 0 saturated carbocycles. The van der Waals surface area contributed by atoms with Gasteiger partial charge in [-0.3, -0.25) is 19.8 Å². The lowest BCUT2D eigenvalue weighted by Gasteiger charge is -2.15. The van der Waals surface area contributed by atoms with Crippen LogP contribution >= 0.6 is 0 Å². The van der Waals surface area contributed by atoms with Crippen LogP contribution in [0.15, 0.2) is 55.1 Å². The first-order valence-electron chi connectivity index (χ1n) is 10.1. The fraction of sp³-hybridized carbons (Fsp3) is 0.227. The number of anilines is 1. The maximum Gasteiger partial charge on any atom is 0.276 e. The molecule has 162 valence electrons. The zero-order valence-electron chi connectivity index (χ0n) is 16.9. The number of nitrogens with one attached hydrogen (secondary N) is 2. The second-order valence-electron chi connectivity index (χ2n) is 7.82. The number of H-pyrrole nitrogens is 1. The van der Waals surface area contributed by atoms with Gasteiger partial charge in [0.1, 0.15) is 0 Å². The van der Waals surface area contributed by atoms with E-state index in [4.69, 9.17) is 0 Å². The Balaban J connectivity index is 1.40. The highest BCUT2D eigenvalue weighted by atomic mass is 19.3. The van der Waals surface area contributed by atoms with Crippen molar-refractivity contribution in [2.45, 2.75) is 18.9 Å². The first kappa shape index (κ1) is 20.1. The molecule has 1 aromatic carbocycles. The van der Waals surface area contributed by atoms with E-state index in [1.807, 2.05) is 24.3 Å². The number of likely N-dealkylation sites (tertiary alicyclic amines) is 1. The molecule has 10 heteroatoms. The highest BCUT2D eigenvalue weighted by Crippen LogP contribution is 2.29. The minimum absolute atomic E-state index is 0.113. The predicted octanol–water partition coefficient (Wildman–Crippen LogP) is 3.51. The Labute approximate surface area is 181 Å². The number of rotatable bonds is 5. The normalized spacial score (nSPS) is 15.8. The van der Waals surface area contributed by atoms with Crippen molar-refractivity contribution >= 4 is 22.5 Å². The second-order valence-corrected chi connectivity index (χ2v) is 7.82. The average molecular weight is 435 g/mol. The van der Waals surface area contributed by atoms with Crippen LogP contribution in [0.4, 0.5) is 14.5 Å². The number of halogens is 2. The molecule has 0 unspecified atom stereocenters. The summed E-state index contributed by atoms with van der Waals surface area (Å²) in [6.45, 7) is 0.547. The number of amides is 1. The van der Waals surface area contributed by atoms with Crippen molar-refractivity contribution in [3.8, 4) is 11.1 Å². The molecule has 4 aromatic rings. The Hall–Kier alpha value is -3.79. The first-order chi connectivity index (χ1) is 15.5. The number of benzene rings is 1. The number of alkyl halides is 2. The molecular weight excluding hydrogens is 416 g/mol. The minimum atomic E-state index is -2.62. The van der Waals surface area contributed by atoms with Crippen molar-refractivity contribution in [2.75, 3.05) is 18.4 Å². The molecule has 0 aliphatic carbocycles. The summed E-state index contributed by atoms with van der Waals surface area (Å²) in [6.07, 6.45) is 6.23. The molecule has 1 saturated heterocycles. The van der Waals surface area contributed by atoms with Gasteiger partial charge in [-0.2, -0.15) is 15.3 Å². The van der Waals surface area contributed by atoms with Crippen LogP contribution in [0.2, 0.25) is 0 Å². The molecule has 32 heavy (non-hydrogen) atoms. The van der Waals surface area contributed by atoms with Crippen molar-refractivity contribution in [1.29, 1.82) is 0 Å². The van der Waals surface area contributed by atoms with Gasteiger partial charge >= 0.3 is 0 Å². The Bertz CT molecular complexity index is 1280. The SMILES string of the molecule is O=C(Nc1ccnnc1)c1n[nH]c2ccc(-c3cncc(CN4CCC(F)(F)C4)c3)cc12. The monoisotopic (exact) mass is 435 g/mol. The van der Waals surface area contributed by atoms with Crippen LogP contribution in [0, 0.1) is 0 Å². The van der Waals surface area contributed by atoms with Gasteiger partial charge in [0.25, 0.3) is 11.8 Å². The van der Waals surface area contributed by atoms with Crippen LogP contribution in [0.5, 0.6) is 0 Å². The summed E-state index contributed by atoms with van der Waals surface area (Å²) in [4.78, 5) is 18.7. The number of aromatic nitrogens is 5. The van der Waals surface area contributed by atoms with Crippen molar-refractivity contribution in [3.63, 3.8) is 0 Å². The molecule has 1 fully saturated rings. The zero-order chi connectivity index (χ0) is 22.1. The van der Waals surface area contributed by atoms with E-state index in [-0.39, 0.29) is 24.6 Å². The largest absolute Gasteiger partial charge is 0.319 e. The molecular formula is C22H19F2N7O. The van der Waals surface area contributed by atoms with Crippen LogP contribution < -0.4 is 5.32 Å². The molecule has 0 spiro atoms. The van der Waals surface area contributed by atoms with Gasteiger partial charge in [-0.25, -0.2) is 8.78 Å². The quantitative estimate of drug-likeness (QED) is 0.498. The van der Waals surface area contributed by atoms with E-state index in [1.54, 1.807) is 23.4 Å². The first-order valence-corrected chi connectivity index (χ1v) is 10.1. The molecule has 1 amide bonds. The van der Waals surface area contributed by atoms with Gasteiger partial charge in [-0.1, -0.05) is 6.07 Å². The molecule has 8 nitrogen and oxygen atoms in total. The summed E-state index contributed by atoms with van der Waals surface area (Å²) in [5.74, 6) is -3.00. The third-order valence-electron chi connectivity index (χ3n) is 5.40. The molecule has 0 radical (unpaired) electrons. The number of carbonyl (C=O) groups is 1. The Kier molecular flexibility index (Phi) is 5.06. The fourth-order valence-corrected chi connectivity index (χ4v) is 3.85. The van der Waals surface area contributed by atoms with Crippen LogP contribution in [0.3, 0.4) is 0 Å². The van der Waals surface area contributed by atoms with Crippen LogP contribution in [0.25, 0.3) is 22.0 Å². The van der Waals surface area contributed by atoms with Crippen molar-refractivity contribution in [1.82, 2.24) is 30.3 Å². The van der Waals surface area contributed by atoms with Crippen molar-refractivity contribution < 1.29 is 13.6 Å². The van der Waals surface area contributed by atoms with Crippen molar-refractivity contribution in [3.05, 3.63) is 66.4 Å². The lowest BCUT2D eigenvalue weighted by atomic mass is 10.0. The van der Waals surface area contributed by atoms with E-state index in [2.05, 4.69) is 30.7 Å². The van der Waals surface area contributed by atoms with Gasteiger partial charge in [-0.05, 0) is 35.4 Å². The molecule has 0 bridgehead atoms. The number of nitrogens with zero attached hydrogens (tertiary/aromatic N) is 5. The summed E-state index contributed by atoms with van der Waals surface area (Å²) < 4.78 is 27.0. The third kappa shape index (κ3) is 4.17. The molecule has 3 aromatic heterocycles. The van der Waals surface area contributed by atoms with E-state index in [9.17, 15) is 13.6 Å². The molecule has 0 atom stereocenters. The summed E-state index contributed by atoms with van der Waals surface area (Å²) in [6, 6.07) is 9.19. The van der Waals surface area contributed by atoms with E-state index in [0.717, 1.165) is 22.2 Å². The number of hydrogen-bond acceptors (Lipinski definition) is 6. The highest BCUT2D eigenvalue weighted by molar-refractivity contribution is 6.11. The number of fused-ring (bicyclic) bond motifs is 1. The minimum Gasteiger partial charge on any atom is -0.319 e. The Morgan fingerprint density at radius 2 is 2.03 bits per heavy atom. The standard InChI is InChI=1S/C22H19F2N7O/c23-22(24)4-6-31(13-22)12-14-7-16(10-25-9-14)15-1-2-19-18(8-15)20(30-29-19)21(32)28-17-3-5-26-27-11-17/h1-3,5,7-11H,4,6,12-13H2,(H,29,30)(H,26,28,32). The maximum absolute atomic E-state index is 13.5. The van der Waals surface area contributed by atoms with E-state index < -0.39 is 5.92 Å². The third-order valence-corrected chi connectivity index (χ3v) is 5.40. The summed E-state index contributed by atoms with van der Waals surface area (Å²) in [5.41, 5.74) is 4.02. The summed E-state index contributed by atoms with van der Waals surface area (Å²) >= 11 is 0. The van der Waals surface area contributed by atoms with Crippen LogP contribution in [0.1, 0.15) is 22.5 Å². The zero-order valence-corrected chi connectivity index (χ0v) is 16.9. The van der Waals surface area contributed by atoms with Gasteiger partial charge < -0.3 is 5.32 Å². The second kappa shape index (κ2) is 8.04.